The third-order valence-electron chi connectivity index (χ3n) is 1.64. The van der Waals surface area contributed by atoms with Gasteiger partial charge in [-0.2, -0.15) is 0 Å². The fourth-order valence-corrected chi connectivity index (χ4v) is 0.985. The lowest BCUT2D eigenvalue weighted by molar-refractivity contribution is 0.232. The second kappa shape index (κ2) is 7.17. The van der Waals surface area contributed by atoms with E-state index < -0.39 is 0 Å². The third-order valence-corrected chi connectivity index (χ3v) is 1.64. The van der Waals surface area contributed by atoms with Crippen molar-refractivity contribution in [2.24, 2.45) is 10.7 Å². The van der Waals surface area contributed by atoms with Crippen molar-refractivity contribution < 1.29 is 5.21 Å². The Balaban J connectivity index is 0.00000169. The van der Waals surface area contributed by atoms with Crippen molar-refractivity contribution in [1.82, 2.24) is 5.48 Å². The Bertz CT molecular complexity index is 277. The molecule has 0 amide bonds. The number of nitrogens with two attached hydrogens (primary N) is 1. The van der Waals surface area contributed by atoms with Gasteiger partial charge in [0, 0.05) is 6.54 Å². The maximum absolute atomic E-state index is 8.33. The lowest BCUT2D eigenvalue weighted by atomic mass is 10.2. The van der Waals surface area contributed by atoms with Crippen LogP contribution in [0.2, 0.25) is 0 Å². The number of guanidine groups is 1. The molecule has 0 spiro atoms. The van der Waals surface area contributed by atoms with E-state index in [4.69, 9.17) is 10.9 Å². The van der Waals surface area contributed by atoms with E-state index in [1.165, 1.54) is 5.56 Å². The molecule has 5 heteroatoms. The number of hydrogen-bond donors (Lipinski definition) is 3. The number of halogens is 1. The highest BCUT2D eigenvalue weighted by molar-refractivity contribution is 5.85. The van der Waals surface area contributed by atoms with E-state index in [1.54, 1.807) is 5.48 Å². The summed E-state index contributed by atoms with van der Waals surface area (Å²) in [5.41, 5.74) is 8.21. The molecule has 14 heavy (non-hydrogen) atoms. The van der Waals surface area contributed by atoms with Crippen molar-refractivity contribution in [1.29, 1.82) is 0 Å². The minimum absolute atomic E-state index is 0. The first kappa shape index (κ1) is 12.7. The topological polar surface area (TPSA) is 70.6 Å². The fraction of sp³-hybridized carbons (Fsp3) is 0.222. The van der Waals surface area contributed by atoms with Gasteiger partial charge in [0.25, 0.3) is 0 Å². The van der Waals surface area contributed by atoms with Gasteiger partial charge in [-0.1, -0.05) is 30.3 Å². The number of hydroxylamine groups is 1. The van der Waals surface area contributed by atoms with E-state index in [-0.39, 0.29) is 18.4 Å². The van der Waals surface area contributed by atoms with E-state index in [0.717, 1.165) is 6.42 Å². The monoisotopic (exact) mass is 215 g/mol. The van der Waals surface area contributed by atoms with Gasteiger partial charge >= 0.3 is 0 Å². The van der Waals surface area contributed by atoms with Crippen LogP contribution in [-0.2, 0) is 6.42 Å². The molecule has 0 aromatic heterocycles. The molecule has 0 saturated heterocycles. The molecule has 0 atom stereocenters. The second-order valence-electron chi connectivity index (χ2n) is 2.61. The number of benzene rings is 1. The number of nitrogens with zero attached hydrogens (tertiary/aromatic N) is 1. The van der Waals surface area contributed by atoms with Crippen LogP contribution in [0, 0.1) is 0 Å². The van der Waals surface area contributed by atoms with Gasteiger partial charge in [0.2, 0.25) is 5.96 Å². The molecule has 0 aliphatic carbocycles. The quantitative estimate of drug-likeness (QED) is 0.399. The van der Waals surface area contributed by atoms with E-state index in [9.17, 15) is 0 Å². The van der Waals surface area contributed by atoms with E-state index in [0.29, 0.717) is 6.54 Å². The van der Waals surface area contributed by atoms with Crippen LogP contribution >= 0.6 is 12.4 Å². The van der Waals surface area contributed by atoms with Gasteiger partial charge in [0.15, 0.2) is 0 Å². The molecule has 1 aromatic carbocycles. The summed E-state index contributed by atoms with van der Waals surface area (Å²) in [6.45, 7) is 0.573. The van der Waals surface area contributed by atoms with Crippen LogP contribution in [0.25, 0.3) is 0 Å². The highest BCUT2D eigenvalue weighted by Crippen LogP contribution is 1.98. The van der Waals surface area contributed by atoms with Gasteiger partial charge in [0.05, 0.1) is 0 Å². The summed E-state index contributed by atoms with van der Waals surface area (Å²) in [6.07, 6.45) is 0.823. The molecular formula is C9H14ClN3O. The summed E-state index contributed by atoms with van der Waals surface area (Å²) >= 11 is 0. The number of rotatable bonds is 3. The molecule has 0 saturated carbocycles. The molecule has 0 unspecified atom stereocenters. The van der Waals surface area contributed by atoms with Crippen LogP contribution in [-0.4, -0.2) is 17.7 Å². The van der Waals surface area contributed by atoms with Gasteiger partial charge in [-0.05, 0) is 12.0 Å². The number of aliphatic imine (C=N–C) groups is 1. The van der Waals surface area contributed by atoms with Crippen molar-refractivity contribution in [3.63, 3.8) is 0 Å². The van der Waals surface area contributed by atoms with Crippen molar-refractivity contribution >= 4 is 18.4 Å². The summed E-state index contributed by atoms with van der Waals surface area (Å²) in [7, 11) is 0. The summed E-state index contributed by atoms with van der Waals surface area (Å²) < 4.78 is 0. The highest BCUT2D eigenvalue weighted by Gasteiger charge is 1.90. The molecule has 0 fully saturated rings. The third kappa shape index (κ3) is 4.69. The minimum Gasteiger partial charge on any atom is -0.368 e. The molecule has 1 rings (SSSR count). The molecule has 0 heterocycles. The molecule has 1 aromatic rings. The van der Waals surface area contributed by atoms with Crippen LogP contribution in [0.1, 0.15) is 5.56 Å². The van der Waals surface area contributed by atoms with Gasteiger partial charge < -0.3 is 5.73 Å². The first-order valence-corrected chi connectivity index (χ1v) is 4.07. The maximum atomic E-state index is 8.33. The molecule has 0 bridgehead atoms. The highest BCUT2D eigenvalue weighted by atomic mass is 35.5. The van der Waals surface area contributed by atoms with Gasteiger partial charge in [-0.3, -0.25) is 10.2 Å². The standard InChI is InChI=1S/C9H13N3O.ClH/c10-9(12-13)11-7-6-8-4-2-1-3-5-8;/h1-5,13H,6-7H2,(H3,10,11,12);1H. The average Bonchev–Trinajstić information content (AvgIpc) is 2.19. The average molecular weight is 216 g/mol. The Morgan fingerprint density at radius 1 is 1.36 bits per heavy atom. The zero-order valence-corrected chi connectivity index (χ0v) is 8.50. The van der Waals surface area contributed by atoms with Crippen molar-refractivity contribution in [3.05, 3.63) is 35.9 Å². The largest absolute Gasteiger partial charge is 0.368 e. The van der Waals surface area contributed by atoms with Crippen molar-refractivity contribution in [2.45, 2.75) is 6.42 Å². The molecular weight excluding hydrogens is 202 g/mol. The number of nitrogens with one attached hydrogen (secondary N) is 1. The molecule has 4 nitrogen and oxygen atoms in total. The molecule has 0 radical (unpaired) electrons. The predicted octanol–water partition coefficient (Wildman–Crippen LogP) is 0.944. The van der Waals surface area contributed by atoms with Crippen molar-refractivity contribution in [3.8, 4) is 0 Å². The Hall–Kier alpha value is -1.26. The smallest absolute Gasteiger partial charge is 0.212 e. The van der Waals surface area contributed by atoms with Crippen molar-refractivity contribution in [2.75, 3.05) is 6.54 Å². The summed E-state index contributed by atoms with van der Waals surface area (Å²) in [5.74, 6) is 0.0518. The van der Waals surface area contributed by atoms with Gasteiger partial charge in [0.1, 0.15) is 0 Å². The SMILES string of the molecule is Cl.NC(=NCCc1ccccc1)NO. The van der Waals surface area contributed by atoms with Gasteiger partial charge in [-0.15, -0.1) is 12.4 Å². The van der Waals surface area contributed by atoms with Crippen LogP contribution in [0.15, 0.2) is 35.3 Å². The Kier molecular flexibility index (Phi) is 6.53. The normalized spacial score (nSPS) is 10.5. The Labute approximate surface area is 89.2 Å². The Morgan fingerprint density at radius 2 is 2.00 bits per heavy atom. The summed E-state index contributed by atoms with van der Waals surface area (Å²) in [6, 6.07) is 9.98. The number of hydrogen-bond acceptors (Lipinski definition) is 2. The second-order valence-corrected chi connectivity index (χ2v) is 2.61. The Morgan fingerprint density at radius 3 is 2.57 bits per heavy atom. The van der Waals surface area contributed by atoms with Crippen LogP contribution < -0.4 is 11.2 Å². The first-order chi connectivity index (χ1) is 6.33. The lowest BCUT2D eigenvalue weighted by Crippen LogP contribution is -2.28. The molecule has 0 aliphatic heterocycles. The molecule has 0 aliphatic rings. The summed E-state index contributed by atoms with van der Waals surface area (Å²) in [5, 5.41) is 8.33. The first-order valence-electron chi connectivity index (χ1n) is 4.07. The van der Waals surface area contributed by atoms with Gasteiger partial charge in [-0.25, -0.2) is 5.48 Å². The van der Waals surface area contributed by atoms with E-state index >= 15 is 0 Å². The molecule has 4 N–H and O–H groups in total. The predicted molar refractivity (Wildman–Crippen MR) is 58.8 cm³/mol. The van der Waals surface area contributed by atoms with Crippen LogP contribution in [0.5, 0.6) is 0 Å². The van der Waals surface area contributed by atoms with E-state index in [2.05, 4.69) is 4.99 Å². The zero-order valence-electron chi connectivity index (χ0n) is 7.68. The molecule has 78 valence electrons. The van der Waals surface area contributed by atoms with E-state index in [1.807, 2.05) is 30.3 Å². The lowest BCUT2D eigenvalue weighted by Gasteiger charge is -1.98. The maximum Gasteiger partial charge on any atom is 0.212 e. The fourth-order valence-electron chi connectivity index (χ4n) is 0.985. The minimum atomic E-state index is 0. The summed E-state index contributed by atoms with van der Waals surface area (Å²) in [4.78, 5) is 3.87. The van der Waals surface area contributed by atoms with Crippen LogP contribution in [0.4, 0.5) is 0 Å². The van der Waals surface area contributed by atoms with Crippen LogP contribution in [0.3, 0.4) is 0 Å². The zero-order chi connectivity index (χ0) is 9.52.